The minimum absolute atomic E-state index is 0.287. The molecule has 0 aliphatic carbocycles. The summed E-state index contributed by atoms with van der Waals surface area (Å²) in [6.07, 6.45) is 5.66. The average Bonchev–Trinajstić information content (AvgIpc) is 3.31. The second kappa shape index (κ2) is 8.46. The van der Waals surface area contributed by atoms with Gasteiger partial charge in [0.2, 0.25) is 0 Å². The zero-order chi connectivity index (χ0) is 20.3. The molecule has 0 radical (unpaired) electrons. The molecule has 5 rings (SSSR count). The van der Waals surface area contributed by atoms with Crippen LogP contribution in [-0.4, -0.2) is 19.6 Å². The van der Waals surface area contributed by atoms with Gasteiger partial charge in [0.25, 0.3) is 0 Å². The number of quaternary nitrogens is 2. The molecule has 2 aromatic heterocycles. The fourth-order valence-electron chi connectivity index (χ4n) is 4.91. The largest absolute Gasteiger partial charge is 0.463 e. The van der Waals surface area contributed by atoms with E-state index in [-0.39, 0.29) is 5.63 Å². The Bertz CT molecular complexity index is 1190. The summed E-state index contributed by atoms with van der Waals surface area (Å²) in [5, 5.41) is 5.65. The molecule has 2 aromatic carbocycles. The van der Waals surface area contributed by atoms with Gasteiger partial charge < -0.3 is 19.1 Å². The number of hydrogen-bond donors (Lipinski definition) is 2. The Hall–Kier alpha value is -2.89. The fraction of sp³-hybridized carbons (Fsp3) is 0.320. The Morgan fingerprint density at radius 2 is 1.87 bits per heavy atom. The van der Waals surface area contributed by atoms with E-state index in [0.717, 1.165) is 40.6 Å². The highest BCUT2D eigenvalue weighted by atomic mass is 16.4. The number of fused-ring (bicyclic) bond motifs is 3. The van der Waals surface area contributed by atoms with E-state index in [1.165, 1.54) is 32.4 Å². The summed E-state index contributed by atoms with van der Waals surface area (Å²) in [4.78, 5) is 13.8. The van der Waals surface area contributed by atoms with Crippen LogP contribution < -0.4 is 15.8 Å². The molecule has 0 amide bonds. The van der Waals surface area contributed by atoms with E-state index in [0.29, 0.717) is 11.6 Å². The number of nitrogens with one attached hydrogen (secondary N) is 1. The molecular formula is C25H28N2O3+2. The first-order valence-corrected chi connectivity index (χ1v) is 10.9. The van der Waals surface area contributed by atoms with Crippen LogP contribution in [0.5, 0.6) is 0 Å². The summed E-state index contributed by atoms with van der Waals surface area (Å²) in [7, 11) is 0. The number of nitrogens with two attached hydrogens (primary N) is 1. The molecule has 0 spiro atoms. The Kier molecular flexibility index (Phi) is 5.39. The molecule has 5 heteroatoms. The van der Waals surface area contributed by atoms with E-state index < -0.39 is 0 Å². The van der Waals surface area contributed by atoms with Crippen molar-refractivity contribution >= 4 is 21.7 Å². The number of likely N-dealkylation sites (tertiary alicyclic amines) is 1. The van der Waals surface area contributed by atoms with Gasteiger partial charge in [0, 0.05) is 17.0 Å². The normalized spacial score (nSPS) is 16.3. The molecule has 0 bridgehead atoms. The van der Waals surface area contributed by atoms with Crippen molar-refractivity contribution in [1.82, 2.24) is 0 Å². The molecule has 1 fully saturated rings. The van der Waals surface area contributed by atoms with Gasteiger partial charge in [-0.05, 0) is 48.2 Å². The molecule has 3 N–H and O–H groups in total. The van der Waals surface area contributed by atoms with Gasteiger partial charge in [-0.1, -0.05) is 30.3 Å². The summed E-state index contributed by atoms with van der Waals surface area (Å²) in [6, 6.07) is 18.3. The number of rotatable bonds is 6. The molecule has 1 atom stereocenters. The molecule has 0 unspecified atom stereocenters. The van der Waals surface area contributed by atoms with Gasteiger partial charge in [0.1, 0.15) is 18.7 Å². The van der Waals surface area contributed by atoms with Crippen molar-refractivity contribution in [1.29, 1.82) is 0 Å². The lowest BCUT2D eigenvalue weighted by molar-refractivity contribution is -0.951. The first-order chi connectivity index (χ1) is 14.8. The van der Waals surface area contributed by atoms with Crippen LogP contribution in [0.3, 0.4) is 0 Å². The van der Waals surface area contributed by atoms with Crippen molar-refractivity contribution in [3.63, 3.8) is 0 Å². The van der Waals surface area contributed by atoms with Crippen LogP contribution in [0.25, 0.3) is 21.7 Å². The van der Waals surface area contributed by atoms with Gasteiger partial charge in [-0.2, -0.15) is 0 Å². The molecule has 0 saturated carbocycles. The zero-order valence-electron chi connectivity index (χ0n) is 17.1. The average molecular weight is 405 g/mol. The maximum atomic E-state index is 12.2. The van der Waals surface area contributed by atoms with E-state index in [4.69, 9.17) is 8.83 Å². The van der Waals surface area contributed by atoms with Crippen LogP contribution >= 0.6 is 0 Å². The van der Waals surface area contributed by atoms with Crippen molar-refractivity contribution in [2.75, 3.05) is 19.6 Å². The van der Waals surface area contributed by atoms with Crippen LogP contribution in [-0.2, 0) is 6.54 Å². The minimum Gasteiger partial charge on any atom is -0.463 e. The van der Waals surface area contributed by atoms with E-state index in [1.54, 1.807) is 17.2 Å². The summed E-state index contributed by atoms with van der Waals surface area (Å²) in [5.41, 5.74) is 1.41. The Balaban J connectivity index is 1.42. The van der Waals surface area contributed by atoms with Gasteiger partial charge in [-0.3, -0.25) is 0 Å². The molecule has 3 heterocycles. The molecule has 5 nitrogen and oxygen atoms in total. The summed E-state index contributed by atoms with van der Waals surface area (Å²) >= 11 is 0. The predicted molar refractivity (Wildman–Crippen MR) is 116 cm³/mol. The molecule has 154 valence electrons. The third-order valence-corrected chi connectivity index (χ3v) is 6.36. The summed E-state index contributed by atoms with van der Waals surface area (Å²) < 4.78 is 11.3. The minimum atomic E-state index is -0.287. The lowest BCUT2D eigenvalue weighted by Crippen LogP contribution is -3.15. The molecule has 30 heavy (non-hydrogen) atoms. The molecule has 1 aliphatic heterocycles. The first-order valence-electron chi connectivity index (χ1n) is 10.9. The highest BCUT2D eigenvalue weighted by molar-refractivity contribution is 6.06. The third kappa shape index (κ3) is 3.78. The summed E-state index contributed by atoms with van der Waals surface area (Å²) in [6.45, 7) is 4.05. The lowest BCUT2D eigenvalue weighted by atomic mass is 10.0. The van der Waals surface area contributed by atoms with Gasteiger partial charge in [0.05, 0.1) is 19.4 Å². The summed E-state index contributed by atoms with van der Waals surface area (Å²) in [5.74, 6) is 1.06. The van der Waals surface area contributed by atoms with Crippen molar-refractivity contribution in [2.45, 2.75) is 31.8 Å². The smallest absolute Gasteiger partial charge is 0.336 e. The topological polar surface area (TPSA) is 64.4 Å². The fourth-order valence-corrected chi connectivity index (χ4v) is 4.91. The van der Waals surface area contributed by atoms with Crippen LogP contribution in [0.2, 0.25) is 0 Å². The van der Waals surface area contributed by atoms with Crippen LogP contribution in [0.15, 0.2) is 74.5 Å². The maximum absolute atomic E-state index is 12.2. The highest BCUT2D eigenvalue weighted by Gasteiger charge is 2.29. The van der Waals surface area contributed by atoms with E-state index in [2.05, 4.69) is 23.5 Å². The Morgan fingerprint density at radius 1 is 1.00 bits per heavy atom. The number of benzene rings is 2. The number of hydrogen-bond acceptors (Lipinski definition) is 3. The molecule has 1 saturated heterocycles. The van der Waals surface area contributed by atoms with Crippen LogP contribution in [0.1, 0.15) is 36.6 Å². The maximum Gasteiger partial charge on any atom is 0.336 e. The predicted octanol–water partition coefficient (Wildman–Crippen LogP) is 2.41. The standard InChI is InChI=1S/C25H26N2O3/c28-24-15-19(25-20-8-3-2-7-18(20)10-11-23(25)30-24)16-26-17-21(22-9-6-14-29-22)27-12-4-1-5-13-27/h2-3,6-11,14-15,21,26H,1,4-5,12-13,16-17H2/p+2/t21-/m0/s1. The molecule has 1 aliphatic rings. The second-order valence-electron chi connectivity index (χ2n) is 8.27. The van der Waals surface area contributed by atoms with Crippen molar-refractivity contribution < 1.29 is 19.1 Å². The second-order valence-corrected chi connectivity index (χ2v) is 8.27. The van der Waals surface area contributed by atoms with Crippen molar-refractivity contribution in [3.05, 3.63) is 82.6 Å². The van der Waals surface area contributed by atoms with E-state index in [1.807, 2.05) is 30.3 Å². The lowest BCUT2D eigenvalue weighted by Gasteiger charge is -2.29. The zero-order valence-corrected chi connectivity index (χ0v) is 17.1. The van der Waals surface area contributed by atoms with Gasteiger partial charge >= 0.3 is 5.63 Å². The van der Waals surface area contributed by atoms with Crippen LogP contribution in [0, 0.1) is 0 Å². The molecule has 4 aromatic rings. The number of furan rings is 1. The number of piperidine rings is 1. The Morgan fingerprint density at radius 3 is 2.70 bits per heavy atom. The third-order valence-electron chi connectivity index (χ3n) is 6.36. The molecular weight excluding hydrogens is 376 g/mol. The monoisotopic (exact) mass is 404 g/mol. The van der Waals surface area contributed by atoms with E-state index in [9.17, 15) is 4.79 Å². The van der Waals surface area contributed by atoms with Crippen molar-refractivity contribution in [3.8, 4) is 0 Å². The van der Waals surface area contributed by atoms with Crippen LogP contribution in [0.4, 0.5) is 0 Å². The Labute approximate surface area is 175 Å². The van der Waals surface area contributed by atoms with E-state index >= 15 is 0 Å². The van der Waals surface area contributed by atoms with Gasteiger partial charge in [-0.25, -0.2) is 4.79 Å². The van der Waals surface area contributed by atoms with Crippen molar-refractivity contribution in [2.24, 2.45) is 0 Å². The SMILES string of the molecule is O=c1cc(C[NH2+]C[C@@H](c2ccco2)[NH+]2CCCCC2)c2c(ccc3ccccc32)o1. The highest BCUT2D eigenvalue weighted by Crippen LogP contribution is 2.26. The van der Waals surface area contributed by atoms with Gasteiger partial charge in [-0.15, -0.1) is 0 Å². The quantitative estimate of drug-likeness (QED) is 0.383. The first kappa shape index (κ1) is 19.1. The van der Waals surface area contributed by atoms with Gasteiger partial charge in [0.15, 0.2) is 11.8 Å².